The third-order valence-electron chi connectivity index (χ3n) is 6.22. The number of hydrogen-bond acceptors (Lipinski definition) is 2. The summed E-state index contributed by atoms with van der Waals surface area (Å²) in [6.07, 6.45) is 3.50. The van der Waals surface area contributed by atoms with Gasteiger partial charge in [-0.05, 0) is 55.7 Å². The Hall–Kier alpha value is -2.28. The highest BCUT2D eigenvalue weighted by Gasteiger charge is 2.54. The molecule has 2 aromatic rings. The van der Waals surface area contributed by atoms with Crippen molar-refractivity contribution in [2.24, 2.45) is 17.3 Å². The largest absolute Gasteiger partial charge is 0.340 e. The van der Waals surface area contributed by atoms with Gasteiger partial charge in [-0.1, -0.05) is 26.7 Å². The average molecular weight is 349 g/mol. The van der Waals surface area contributed by atoms with Gasteiger partial charge in [-0.3, -0.25) is 4.79 Å². The van der Waals surface area contributed by atoms with Gasteiger partial charge in [0.05, 0.1) is 17.1 Å². The van der Waals surface area contributed by atoms with Crippen LogP contribution in [0.15, 0.2) is 18.2 Å². The van der Waals surface area contributed by atoms with Crippen molar-refractivity contribution in [1.82, 2.24) is 14.9 Å². The van der Waals surface area contributed by atoms with Crippen LogP contribution in [-0.4, -0.2) is 27.3 Å². The molecule has 1 N–H and O–H groups in total. The summed E-state index contributed by atoms with van der Waals surface area (Å²) in [4.78, 5) is 23.5. The number of nitrogens with zero attached hydrogens (tertiary/aromatic N) is 2. The quantitative estimate of drug-likeness (QED) is 0.841. The van der Waals surface area contributed by atoms with Gasteiger partial charge in [-0.25, -0.2) is 4.98 Å². The molecule has 1 aromatic carbocycles. The molecular weight excluding hydrogens is 322 g/mol. The first-order valence-electron chi connectivity index (χ1n) is 9.65. The fourth-order valence-electron chi connectivity index (χ4n) is 4.02. The van der Waals surface area contributed by atoms with E-state index in [1.165, 1.54) is 12.8 Å². The highest BCUT2D eigenvalue weighted by atomic mass is 16.2. The Morgan fingerprint density at radius 3 is 2.77 bits per heavy atom. The Morgan fingerprint density at radius 2 is 2.12 bits per heavy atom. The van der Waals surface area contributed by atoms with Crippen molar-refractivity contribution in [3.63, 3.8) is 0 Å². The van der Waals surface area contributed by atoms with E-state index in [-0.39, 0.29) is 17.9 Å². The van der Waals surface area contributed by atoms with E-state index >= 15 is 0 Å². The topological polar surface area (TPSA) is 49.0 Å². The summed E-state index contributed by atoms with van der Waals surface area (Å²) in [5.74, 6) is 7.61. The predicted molar refractivity (Wildman–Crippen MR) is 103 cm³/mol. The van der Waals surface area contributed by atoms with Crippen molar-refractivity contribution in [3.8, 4) is 11.8 Å². The molecule has 1 saturated carbocycles. The molecule has 0 unspecified atom stereocenters. The lowest BCUT2D eigenvalue weighted by Gasteiger charge is -2.28. The fourth-order valence-corrected chi connectivity index (χ4v) is 4.02. The fraction of sp³-hybridized carbons (Fsp3) is 0.545. The molecule has 4 rings (SSSR count). The second kappa shape index (κ2) is 6.16. The first-order chi connectivity index (χ1) is 12.4. The summed E-state index contributed by atoms with van der Waals surface area (Å²) >= 11 is 0. The third kappa shape index (κ3) is 2.90. The normalized spacial score (nSPS) is 21.9. The van der Waals surface area contributed by atoms with Gasteiger partial charge in [-0.2, -0.15) is 0 Å². The molecule has 26 heavy (non-hydrogen) atoms. The zero-order valence-corrected chi connectivity index (χ0v) is 16.1. The van der Waals surface area contributed by atoms with Crippen molar-refractivity contribution >= 4 is 16.9 Å². The second-order valence-electron chi connectivity index (χ2n) is 8.45. The highest BCUT2D eigenvalue weighted by Crippen LogP contribution is 2.58. The van der Waals surface area contributed by atoms with Gasteiger partial charge >= 0.3 is 0 Å². The number of likely N-dealkylation sites (tertiary alicyclic amines) is 1. The molecule has 2 aliphatic rings. The predicted octanol–water partition coefficient (Wildman–Crippen LogP) is 4.28. The van der Waals surface area contributed by atoms with Gasteiger partial charge in [0, 0.05) is 18.0 Å². The number of hydrogen-bond donors (Lipinski definition) is 1. The lowest BCUT2D eigenvalue weighted by Crippen LogP contribution is -2.37. The van der Waals surface area contributed by atoms with Gasteiger partial charge in [0.2, 0.25) is 5.91 Å². The Labute approximate surface area is 155 Å². The number of rotatable bonds is 3. The standard InChI is InChI=1S/C22H27N3O/c1-5-6-16-7-8-17-18(11-16)24-20(23-17)19-12-22(9-10-22)13-25(19)21(26)15(4)14(2)3/h7-8,11,14-15,19H,9-10,12-13H2,1-4H3,(H,23,24)/t15-,19-/m0/s1. The number of aromatic amines is 1. The number of benzene rings is 1. The summed E-state index contributed by atoms with van der Waals surface area (Å²) in [5.41, 5.74) is 3.27. The minimum absolute atomic E-state index is 0.0437. The van der Waals surface area contributed by atoms with Crippen molar-refractivity contribution in [1.29, 1.82) is 0 Å². The van der Waals surface area contributed by atoms with Crippen LogP contribution in [0, 0.1) is 29.1 Å². The molecule has 1 aromatic heterocycles. The van der Waals surface area contributed by atoms with Crippen molar-refractivity contribution in [2.45, 2.75) is 53.0 Å². The molecule has 1 spiro atoms. The van der Waals surface area contributed by atoms with E-state index in [0.717, 1.165) is 35.4 Å². The van der Waals surface area contributed by atoms with E-state index < -0.39 is 0 Å². The maximum Gasteiger partial charge on any atom is 0.226 e. The van der Waals surface area contributed by atoms with E-state index in [4.69, 9.17) is 4.98 Å². The van der Waals surface area contributed by atoms with Crippen LogP contribution in [0.1, 0.15) is 64.4 Å². The maximum absolute atomic E-state index is 13.1. The van der Waals surface area contributed by atoms with Gasteiger partial charge in [-0.15, -0.1) is 5.92 Å². The van der Waals surface area contributed by atoms with E-state index in [1.807, 2.05) is 25.1 Å². The number of nitrogens with one attached hydrogen (secondary N) is 1. The zero-order chi connectivity index (χ0) is 18.5. The number of carbonyl (C=O) groups excluding carboxylic acids is 1. The van der Waals surface area contributed by atoms with Crippen LogP contribution in [0.25, 0.3) is 11.0 Å². The van der Waals surface area contributed by atoms with Crippen molar-refractivity contribution < 1.29 is 4.79 Å². The number of imidazole rings is 1. The highest BCUT2D eigenvalue weighted by molar-refractivity contribution is 5.80. The van der Waals surface area contributed by atoms with E-state index in [2.05, 4.69) is 42.5 Å². The van der Waals surface area contributed by atoms with Crippen LogP contribution in [-0.2, 0) is 4.79 Å². The summed E-state index contributed by atoms with van der Waals surface area (Å²) in [6.45, 7) is 9.02. The van der Waals surface area contributed by atoms with Gasteiger partial charge in [0.15, 0.2) is 0 Å². The second-order valence-corrected chi connectivity index (χ2v) is 8.45. The Balaban J connectivity index is 1.68. The molecule has 2 atom stereocenters. The van der Waals surface area contributed by atoms with Crippen molar-refractivity contribution in [2.75, 3.05) is 6.54 Å². The molecule has 4 heteroatoms. The first kappa shape index (κ1) is 17.1. The molecule has 0 bridgehead atoms. The van der Waals surface area contributed by atoms with Gasteiger partial charge in [0.25, 0.3) is 0 Å². The van der Waals surface area contributed by atoms with E-state index in [1.54, 1.807) is 0 Å². The van der Waals surface area contributed by atoms with Crippen LogP contribution in [0.3, 0.4) is 0 Å². The molecule has 1 aliphatic heterocycles. The smallest absolute Gasteiger partial charge is 0.226 e. The SMILES string of the molecule is CC#Cc1ccc2[nH]c([C@@H]3CC4(CC4)CN3C(=O)[C@@H](C)C(C)C)nc2c1. The molecule has 0 radical (unpaired) electrons. The van der Waals surface area contributed by atoms with Crippen LogP contribution in [0.4, 0.5) is 0 Å². The lowest BCUT2D eigenvalue weighted by atomic mass is 9.96. The Kier molecular flexibility index (Phi) is 4.06. The van der Waals surface area contributed by atoms with E-state index in [9.17, 15) is 4.79 Å². The molecule has 136 valence electrons. The summed E-state index contributed by atoms with van der Waals surface area (Å²) in [6, 6.07) is 6.15. The lowest BCUT2D eigenvalue weighted by molar-refractivity contribution is -0.137. The molecule has 2 heterocycles. The number of H-pyrrole nitrogens is 1. The van der Waals surface area contributed by atoms with Crippen LogP contribution >= 0.6 is 0 Å². The Bertz CT molecular complexity index is 910. The molecule has 2 fully saturated rings. The summed E-state index contributed by atoms with van der Waals surface area (Å²) in [7, 11) is 0. The monoisotopic (exact) mass is 349 g/mol. The molecular formula is C22H27N3O. The van der Waals surface area contributed by atoms with Gasteiger partial charge < -0.3 is 9.88 Å². The maximum atomic E-state index is 13.1. The Morgan fingerprint density at radius 1 is 1.35 bits per heavy atom. The molecule has 4 nitrogen and oxygen atoms in total. The molecule has 1 aliphatic carbocycles. The number of aromatic nitrogens is 2. The number of amides is 1. The van der Waals surface area contributed by atoms with E-state index in [0.29, 0.717) is 11.3 Å². The first-order valence-corrected chi connectivity index (χ1v) is 9.65. The van der Waals surface area contributed by atoms with Crippen LogP contribution in [0.5, 0.6) is 0 Å². The minimum Gasteiger partial charge on any atom is -0.340 e. The molecule has 1 amide bonds. The van der Waals surface area contributed by atoms with Crippen LogP contribution < -0.4 is 0 Å². The average Bonchev–Trinajstić information content (AvgIpc) is 3.07. The van der Waals surface area contributed by atoms with Gasteiger partial charge in [0.1, 0.15) is 5.82 Å². The zero-order valence-electron chi connectivity index (χ0n) is 16.1. The van der Waals surface area contributed by atoms with Crippen LogP contribution in [0.2, 0.25) is 0 Å². The third-order valence-corrected chi connectivity index (χ3v) is 6.22. The van der Waals surface area contributed by atoms with Crippen molar-refractivity contribution in [3.05, 3.63) is 29.6 Å². The number of carbonyl (C=O) groups is 1. The number of fused-ring (bicyclic) bond motifs is 1. The minimum atomic E-state index is 0.0437. The summed E-state index contributed by atoms with van der Waals surface area (Å²) < 4.78 is 0. The molecule has 1 saturated heterocycles. The summed E-state index contributed by atoms with van der Waals surface area (Å²) in [5, 5.41) is 0.